The Morgan fingerprint density at radius 2 is 2.16 bits per heavy atom. The Bertz CT molecular complexity index is 810. The van der Waals surface area contributed by atoms with Crippen molar-refractivity contribution in [1.82, 2.24) is 5.43 Å². The molecule has 2 aromatic rings. The van der Waals surface area contributed by atoms with E-state index in [2.05, 4.69) is 26.5 Å². The number of hydrazone groups is 1. The van der Waals surface area contributed by atoms with Crippen LogP contribution < -0.4 is 14.9 Å². The average molecular weight is 408 g/mol. The number of halogens is 1. The predicted molar refractivity (Wildman–Crippen MR) is 95.0 cm³/mol. The number of ether oxygens (including phenoxy) is 2. The number of carbonyl (C=O) groups is 1. The molecule has 1 N–H and O–H groups in total. The minimum atomic E-state index is -0.539. The maximum atomic E-state index is 11.7. The molecule has 25 heavy (non-hydrogen) atoms. The van der Waals surface area contributed by atoms with Crippen LogP contribution >= 0.6 is 15.9 Å². The molecule has 0 atom stereocenters. The summed E-state index contributed by atoms with van der Waals surface area (Å²) in [5.74, 6) is 0.327. The molecular weight excluding hydrogens is 394 g/mol. The van der Waals surface area contributed by atoms with Crippen molar-refractivity contribution in [1.29, 1.82) is 0 Å². The summed E-state index contributed by atoms with van der Waals surface area (Å²) in [5, 5.41) is 14.5. The fourth-order valence-corrected chi connectivity index (χ4v) is 2.23. The number of amides is 1. The largest absolute Gasteiger partial charge is 0.496 e. The zero-order valence-corrected chi connectivity index (χ0v) is 14.7. The highest BCUT2D eigenvalue weighted by atomic mass is 79.9. The molecule has 2 rings (SSSR count). The van der Waals surface area contributed by atoms with Crippen molar-refractivity contribution in [2.45, 2.75) is 0 Å². The first-order chi connectivity index (χ1) is 12.0. The lowest BCUT2D eigenvalue weighted by atomic mass is 10.2. The summed E-state index contributed by atoms with van der Waals surface area (Å²) < 4.78 is 11.2. The second-order valence-electron chi connectivity index (χ2n) is 4.72. The first kappa shape index (κ1) is 18.4. The lowest BCUT2D eigenvalue weighted by Gasteiger charge is -2.06. The van der Waals surface area contributed by atoms with E-state index in [1.54, 1.807) is 12.1 Å². The van der Waals surface area contributed by atoms with E-state index in [-0.39, 0.29) is 18.0 Å². The van der Waals surface area contributed by atoms with Crippen LogP contribution in [0.3, 0.4) is 0 Å². The van der Waals surface area contributed by atoms with Crippen molar-refractivity contribution in [3.63, 3.8) is 0 Å². The molecule has 130 valence electrons. The molecule has 0 aliphatic rings. The first-order valence-corrected chi connectivity index (χ1v) is 7.81. The molecule has 0 spiro atoms. The highest BCUT2D eigenvalue weighted by Gasteiger charge is 2.08. The Morgan fingerprint density at radius 1 is 1.36 bits per heavy atom. The van der Waals surface area contributed by atoms with Gasteiger partial charge in [0.25, 0.3) is 11.6 Å². The van der Waals surface area contributed by atoms with Gasteiger partial charge in [0, 0.05) is 16.1 Å². The van der Waals surface area contributed by atoms with Gasteiger partial charge in [-0.25, -0.2) is 5.43 Å². The van der Waals surface area contributed by atoms with Crippen molar-refractivity contribution in [3.05, 3.63) is 62.6 Å². The number of rotatable bonds is 7. The van der Waals surface area contributed by atoms with Gasteiger partial charge in [-0.2, -0.15) is 5.10 Å². The number of nitrogens with one attached hydrogen (secondary N) is 1. The third-order valence-electron chi connectivity index (χ3n) is 2.98. The lowest BCUT2D eigenvalue weighted by molar-refractivity contribution is -0.384. The molecule has 0 saturated carbocycles. The summed E-state index contributed by atoms with van der Waals surface area (Å²) in [5.41, 5.74) is 2.87. The fraction of sp³-hybridized carbons (Fsp3) is 0.125. The third-order valence-corrected chi connectivity index (χ3v) is 3.48. The van der Waals surface area contributed by atoms with Gasteiger partial charge in [0.2, 0.25) is 0 Å². The van der Waals surface area contributed by atoms with E-state index in [4.69, 9.17) is 9.47 Å². The number of methoxy groups -OCH3 is 1. The van der Waals surface area contributed by atoms with Crippen LogP contribution in [0.5, 0.6) is 11.5 Å². The van der Waals surface area contributed by atoms with E-state index in [0.29, 0.717) is 11.3 Å². The van der Waals surface area contributed by atoms with Crippen molar-refractivity contribution in [2.75, 3.05) is 13.7 Å². The first-order valence-electron chi connectivity index (χ1n) is 7.02. The molecule has 1 amide bonds. The molecule has 2 aromatic carbocycles. The molecule has 8 nitrogen and oxygen atoms in total. The Morgan fingerprint density at radius 3 is 2.88 bits per heavy atom. The Balaban J connectivity index is 1.90. The van der Waals surface area contributed by atoms with E-state index in [9.17, 15) is 14.9 Å². The van der Waals surface area contributed by atoms with E-state index in [0.717, 1.165) is 4.47 Å². The number of nitro groups is 1. The highest BCUT2D eigenvalue weighted by molar-refractivity contribution is 9.10. The lowest BCUT2D eigenvalue weighted by Crippen LogP contribution is -2.24. The quantitative estimate of drug-likeness (QED) is 0.431. The number of hydrogen-bond acceptors (Lipinski definition) is 6. The predicted octanol–water partition coefficient (Wildman–Crippen LogP) is 2.90. The van der Waals surface area contributed by atoms with Gasteiger partial charge < -0.3 is 9.47 Å². The standard InChI is InChI=1S/C16H14BrN3O5/c1-24-15-6-5-12(17)7-11(15)9-18-19-16(21)10-25-14-4-2-3-13(8-14)20(22)23/h2-9H,10H2,1H3,(H,19,21). The zero-order valence-electron chi connectivity index (χ0n) is 13.1. The average Bonchev–Trinajstić information content (AvgIpc) is 2.60. The molecule has 0 aliphatic carbocycles. The van der Waals surface area contributed by atoms with Crippen LogP contribution in [-0.2, 0) is 4.79 Å². The van der Waals surface area contributed by atoms with Crippen LogP contribution in [0.2, 0.25) is 0 Å². The summed E-state index contributed by atoms with van der Waals surface area (Å²) in [6, 6.07) is 10.9. The summed E-state index contributed by atoms with van der Waals surface area (Å²) in [4.78, 5) is 21.9. The number of nitro benzene ring substituents is 1. The number of benzene rings is 2. The van der Waals surface area contributed by atoms with Crippen LogP contribution in [0.25, 0.3) is 0 Å². The highest BCUT2D eigenvalue weighted by Crippen LogP contribution is 2.21. The number of carbonyl (C=O) groups excluding carboxylic acids is 1. The van der Waals surface area contributed by atoms with Gasteiger partial charge in [-0.05, 0) is 24.3 Å². The molecule has 0 aromatic heterocycles. The summed E-state index contributed by atoms with van der Waals surface area (Å²) in [6.45, 7) is -0.325. The molecule has 0 heterocycles. The molecule has 0 fully saturated rings. The van der Waals surface area contributed by atoms with E-state index in [1.165, 1.54) is 37.6 Å². The van der Waals surface area contributed by atoms with Gasteiger partial charge in [-0.1, -0.05) is 22.0 Å². The maximum Gasteiger partial charge on any atom is 0.277 e. The minimum Gasteiger partial charge on any atom is -0.496 e. The van der Waals surface area contributed by atoms with Crippen LogP contribution in [0.15, 0.2) is 52.0 Å². The van der Waals surface area contributed by atoms with Gasteiger partial charge in [0.1, 0.15) is 11.5 Å². The van der Waals surface area contributed by atoms with Crippen LogP contribution in [0, 0.1) is 10.1 Å². The Kier molecular flexibility index (Phi) is 6.47. The number of non-ortho nitro benzene ring substituents is 1. The Labute approximate surface area is 151 Å². The number of hydrogen-bond donors (Lipinski definition) is 1. The normalized spacial score (nSPS) is 10.5. The summed E-state index contributed by atoms with van der Waals surface area (Å²) >= 11 is 3.34. The zero-order chi connectivity index (χ0) is 18.2. The molecule has 0 unspecified atom stereocenters. The van der Waals surface area contributed by atoms with Gasteiger partial charge in [0.05, 0.1) is 24.3 Å². The number of nitrogens with zero attached hydrogens (tertiary/aromatic N) is 2. The SMILES string of the molecule is COc1ccc(Br)cc1C=NNC(=O)COc1cccc([N+](=O)[O-])c1. The monoisotopic (exact) mass is 407 g/mol. The van der Waals surface area contributed by atoms with Crippen molar-refractivity contribution < 1.29 is 19.2 Å². The molecule has 0 saturated heterocycles. The smallest absolute Gasteiger partial charge is 0.277 e. The molecule has 0 aliphatic heterocycles. The van der Waals surface area contributed by atoms with E-state index < -0.39 is 10.8 Å². The fourth-order valence-electron chi connectivity index (χ4n) is 1.85. The van der Waals surface area contributed by atoms with Crippen LogP contribution in [-0.4, -0.2) is 30.8 Å². The van der Waals surface area contributed by atoms with Crippen LogP contribution in [0.1, 0.15) is 5.56 Å². The summed E-state index contributed by atoms with van der Waals surface area (Å²) in [6.07, 6.45) is 1.44. The van der Waals surface area contributed by atoms with Gasteiger partial charge in [-0.3, -0.25) is 14.9 Å². The molecule has 0 radical (unpaired) electrons. The molecule has 0 bridgehead atoms. The van der Waals surface area contributed by atoms with Crippen molar-refractivity contribution >= 4 is 33.7 Å². The molecule has 9 heteroatoms. The van der Waals surface area contributed by atoms with Crippen molar-refractivity contribution in [2.24, 2.45) is 5.10 Å². The molecular formula is C16H14BrN3O5. The Hall–Kier alpha value is -2.94. The third kappa shape index (κ3) is 5.57. The van der Waals surface area contributed by atoms with E-state index in [1.807, 2.05) is 6.07 Å². The maximum absolute atomic E-state index is 11.7. The topological polar surface area (TPSA) is 103 Å². The second kappa shape index (κ2) is 8.78. The van der Waals surface area contributed by atoms with E-state index >= 15 is 0 Å². The van der Waals surface area contributed by atoms with Gasteiger partial charge in [0.15, 0.2) is 6.61 Å². The minimum absolute atomic E-state index is 0.113. The van der Waals surface area contributed by atoms with Crippen LogP contribution in [0.4, 0.5) is 5.69 Å². The van der Waals surface area contributed by atoms with Gasteiger partial charge in [-0.15, -0.1) is 0 Å². The van der Waals surface area contributed by atoms with Crippen molar-refractivity contribution in [3.8, 4) is 11.5 Å². The summed E-state index contributed by atoms with van der Waals surface area (Å²) in [7, 11) is 1.53. The second-order valence-corrected chi connectivity index (χ2v) is 5.64. The van der Waals surface area contributed by atoms with Gasteiger partial charge >= 0.3 is 0 Å².